The van der Waals surface area contributed by atoms with Gasteiger partial charge in [-0.1, -0.05) is 5.21 Å². The van der Waals surface area contributed by atoms with Crippen LogP contribution in [0.25, 0.3) is 0 Å². The van der Waals surface area contributed by atoms with Gasteiger partial charge in [0, 0.05) is 0 Å². The van der Waals surface area contributed by atoms with Crippen LogP contribution in [0.1, 0.15) is 18.7 Å². The van der Waals surface area contributed by atoms with Gasteiger partial charge in [0.1, 0.15) is 9.84 Å². The number of aromatic nitrogens is 4. The predicted octanol–water partition coefficient (Wildman–Crippen LogP) is -1.44. The first-order valence-corrected chi connectivity index (χ1v) is 6.07. The molecule has 0 aromatic carbocycles. The summed E-state index contributed by atoms with van der Waals surface area (Å²) in [6, 6.07) is 0. The van der Waals surface area contributed by atoms with Crippen molar-refractivity contribution in [3.8, 4) is 0 Å². The molecule has 3 N–H and O–H groups in total. The molecule has 1 aromatic heterocycles. The van der Waals surface area contributed by atoms with Crippen LogP contribution in [0.3, 0.4) is 0 Å². The van der Waals surface area contributed by atoms with Crippen molar-refractivity contribution in [3.63, 3.8) is 0 Å². The van der Waals surface area contributed by atoms with E-state index in [1.54, 1.807) is 0 Å². The Bertz CT molecular complexity index is 397. The van der Waals surface area contributed by atoms with Crippen LogP contribution in [0, 0.1) is 0 Å². The van der Waals surface area contributed by atoms with Gasteiger partial charge in [0.2, 0.25) is 0 Å². The average molecular weight is 217 g/mol. The highest BCUT2D eigenvalue weighted by Crippen LogP contribution is 2.28. The molecule has 1 aliphatic heterocycles. The molecule has 14 heavy (non-hydrogen) atoms. The second-order valence-electron chi connectivity index (χ2n) is 3.54. The largest absolute Gasteiger partial charge is 0.319 e. The average Bonchev–Trinajstić information content (AvgIpc) is 2.64. The predicted molar refractivity (Wildman–Crippen MR) is 47.9 cm³/mol. The maximum atomic E-state index is 11.2. The van der Waals surface area contributed by atoms with Crippen LogP contribution in [-0.4, -0.2) is 40.5 Å². The fourth-order valence-electron chi connectivity index (χ4n) is 1.50. The van der Waals surface area contributed by atoms with Gasteiger partial charge in [0.05, 0.1) is 17.0 Å². The molecule has 0 atom stereocenters. The number of sulfone groups is 1. The second kappa shape index (κ2) is 2.99. The molecule has 1 saturated heterocycles. The lowest BCUT2D eigenvalue weighted by atomic mass is 9.93. The van der Waals surface area contributed by atoms with Crippen LogP contribution >= 0.6 is 0 Å². The first-order chi connectivity index (χ1) is 6.52. The van der Waals surface area contributed by atoms with Gasteiger partial charge in [0.15, 0.2) is 5.82 Å². The third-order valence-corrected chi connectivity index (χ3v) is 4.16. The lowest BCUT2D eigenvalue weighted by Crippen LogP contribution is -2.45. The van der Waals surface area contributed by atoms with Gasteiger partial charge in [-0.2, -0.15) is 5.21 Å². The van der Waals surface area contributed by atoms with E-state index in [-0.39, 0.29) is 11.5 Å². The monoisotopic (exact) mass is 217 g/mol. The Labute approximate surface area is 81.0 Å². The van der Waals surface area contributed by atoms with Crippen molar-refractivity contribution in [1.82, 2.24) is 20.6 Å². The molecule has 1 aliphatic rings. The molecule has 0 radical (unpaired) electrons. The Hall–Kier alpha value is -1.02. The summed E-state index contributed by atoms with van der Waals surface area (Å²) in [5.41, 5.74) is 5.26. The van der Waals surface area contributed by atoms with Crippen LogP contribution in [-0.2, 0) is 15.4 Å². The SMILES string of the molecule is NC1(c2nn[nH]n2)CCS(=O)(=O)CC1. The van der Waals surface area contributed by atoms with Gasteiger partial charge in [-0.15, -0.1) is 10.2 Å². The first-order valence-electron chi connectivity index (χ1n) is 4.25. The van der Waals surface area contributed by atoms with Gasteiger partial charge in [0.25, 0.3) is 0 Å². The van der Waals surface area contributed by atoms with E-state index in [0.29, 0.717) is 18.7 Å². The van der Waals surface area contributed by atoms with E-state index in [4.69, 9.17) is 5.73 Å². The minimum Gasteiger partial charge on any atom is -0.319 e. The van der Waals surface area contributed by atoms with E-state index in [1.165, 1.54) is 0 Å². The van der Waals surface area contributed by atoms with Crippen LogP contribution in [0.15, 0.2) is 0 Å². The maximum Gasteiger partial charge on any atom is 0.194 e. The number of hydrogen-bond acceptors (Lipinski definition) is 6. The molecular formula is C6H11N5O2S. The van der Waals surface area contributed by atoms with E-state index in [2.05, 4.69) is 20.6 Å². The van der Waals surface area contributed by atoms with Crippen LogP contribution in [0.2, 0.25) is 0 Å². The van der Waals surface area contributed by atoms with Crippen LogP contribution < -0.4 is 5.73 Å². The number of aromatic amines is 1. The van der Waals surface area contributed by atoms with Crippen molar-refractivity contribution < 1.29 is 8.42 Å². The molecule has 0 unspecified atom stereocenters. The number of H-pyrrole nitrogens is 1. The summed E-state index contributed by atoms with van der Waals surface area (Å²) in [5.74, 6) is 0.586. The Balaban J connectivity index is 2.21. The molecule has 78 valence electrons. The van der Waals surface area contributed by atoms with E-state index in [0.717, 1.165) is 0 Å². The second-order valence-corrected chi connectivity index (χ2v) is 5.85. The minimum atomic E-state index is -2.91. The van der Waals surface area contributed by atoms with Crippen molar-refractivity contribution >= 4 is 9.84 Å². The molecular weight excluding hydrogens is 206 g/mol. The lowest BCUT2D eigenvalue weighted by molar-refractivity contribution is 0.373. The highest BCUT2D eigenvalue weighted by atomic mass is 32.2. The summed E-state index contributed by atoms with van der Waals surface area (Å²) in [6.45, 7) is 0. The van der Waals surface area contributed by atoms with Crippen molar-refractivity contribution in [2.45, 2.75) is 18.4 Å². The van der Waals surface area contributed by atoms with E-state index < -0.39 is 15.4 Å². The molecule has 2 heterocycles. The zero-order valence-corrected chi connectivity index (χ0v) is 8.29. The quantitative estimate of drug-likeness (QED) is 0.595. The maximum absolute atomic E-state index is 11.2. The van der Waals surface area contributed by atoms with Gasteiger partial charge in [-0.3, -0.25) is 0 Å². The molecule has 0 amide bonds. The molecule has 8 heteroatoms. The normalized spacial score (nSPS) is 24.6. The molecule has 0 spiro atoms. The smallest absolute Gasteiger partial charge is 0.194 e. The minimum absolute atomic E-state index is 0.0953. The Kier molecular flexibility index (Phi) is 2.04. The molecule has 1 aromatic rings. The number of nitrogens with zero attached hydrogens (tertiary/aromatic N) is 3. The zero-order valence-electron chi connectivity index (χ0n) is 7.47. The van der Waals surface area contributed by atoms with E-state index in [9.17, 15) is 8.42 Å². The standard InChI is InChI=1S/C6H11N5O2S/c7-6(5-8-10-11-9-5)1-3-14(12,13)4-2-6/h1-4,7H2,(H,8,9,10,11). The van der Waals surface area contributed by atoms with Crippen molar-refractivity contribution in [2.24, 2.45) is 5.73 Å². The topological polar surface area (TPSA) is 115 Å². The summed E-state index contributed by atoms with van der Waals surface area (Å²) in [7, 11) is -2.91. The van der Waals surface area contributed by atoms with Gasteiger partial charge in [-0.25, -0.2) is 8.42 Å². The molecule has 0 aliphatic carbocycles. The Morgan fingerprint density at radius 1 is 1.36 bits per heavy atom. The molecule has 2 rings (SSSR count). The van der Waals surface area contributed by atoms with Gasteiger partial charge < -0.3 is 5.73 Å². The third kappa shape index (κ3) is 1.62. The van der Waals surface area contributed by atoms with E-state index >= 15 is 0 Å². The third-order valence-electron chi connectivity index (χ3n) is 2.51. The van der Waals surface area contributed by atoms with Crippen LogP contribution in [0.4, 0.5) is 0 Å². The van der Waals surface area contributed by atoms with Gasteiger partial charge >= 0.3 is 0 Å². The summed E-state index contributed by atoms with van der Waals surface area (Å²) in [6.07, 6.45) is 0.712. The van der Waals surface area contributed by atoms with Crippen molar-refractivity contribution in [3.05, 3.63) is 5.82 Å². The summed E-state index contributed by atoms with van der Waals surface area (Å²) < 4.78 is 22.4. The van der Waals surface area contributed by atoms with Crippen molar-refractivity contribution in [1.29, 1.82) is 0 Å². The number of tetrazole rings is 1. The lowest BCUT2D eigenvalue weighted by Gasteiger charge is -2.29. The number of nitrogens with two attached hydrogens (primary N) is 1. The van der Waals surface area contributed by atoms with Gasteiger partial charge in [-0.05, 0) is 12.8 Å². The fourth-order valence-corrected chi connectivity index (χ4v) is 3.05. The highest BCUT2D eigenvalue weighted by molar-refractivity contribution is 7.91. The summed E-state index contributed by atoms with van der Waals surface area (Å²) >= 11 is 0. The summed E-state index contributed by atoms with van der Waals surface area (Å²) in [4.78, 5) is 0. The molecule has 0 saturated carbocycles. The molecule has 1 fully saturated rings. The van der Waals surface area contributed by atoms with Crippen LogP contribution in [0.5, 0.6) is 0 Å². The summed E-state index contributed by atoms with van der Waals surface area (Å²) in [5, 5.41) is 13.3. The Morgan fingerprint density at radius 3 is 2.50 bits per heavy atom. The number of rotatable bonds is 1. The number of nitrogens with one attached hydrogen (secondary N) is 1. The van der Waals surface area contributed by atoms with Crippen molar-refractivity contribution in [2.75, 3.05) is 11.5 Å². The highest BCUT2D eigenvalue weighted by Gasteiger charge is 2.38. The first kappa shape index (κ1) is 9.53. The fraction of sp³-hybridized carbons (Fsp3) is 0.833. The molecule has 0 bridgehead atoms. The zero-order chi connectivity index (χ0) is 10.2. The number of hydrogen-bond donors (Lipinski definition) is 2. The molecule has 7 nitrogen and oxygen atoms in total. The van der Waals surface area contributed by atoms with E-state index in [1.807, 2.05) is 0 Å². The Morgan fingerprint density at radius 2 is 2.00 bits per heavy atom.